The van der Waals surface area contributed by atoms with Gasteiger partial charge in [-0.25, -0.2) is 8.42 Å². The Morgan fingerprint density at radius 2 is 1.75 bits per heavy atom. The van der Waals surface area contributed by atoms with E-state index in [9.17, 15) is 13.2 Å². The number of carbonyl (C=O) groups is 1. The molecule has 1 saturated heterocycles. The van der Waals surface area contributed by atoms with E-state index in [-0.39, 0.29) is 17.3 Å². The van der Waals surface area contributed by atoms with E-state index in [4.69, 9.17) is 0 Å². The lowest BCUT2D eigenvalue weighted by Gasteiger charge is -2.30. The normalized spacial score (nSPS) is 17.4. The molecule has 0 aliphatic carbocycles. The minimum Gasteiger partial charge on any atom is -0.362 e. The summed E-state index contributed by atoms with van der Waals surface area (Å²) in [6, 6.07) is 14.7. The lowest BCUT2D eigenvalue weighted by atomic mass is 10.0. The number of hydrogen-bond acceptors (Lipinski definition) is 4. The van der Waals surface area contributed by atoms with E-state index >= 15 is 0 Å². The molecule has 4 rings (SSSR count). The number of nitrogens with one attached hydrogen (secondary N) is 1. The predicted molar refractivity (Wildman–Crippen MR) is 110 cm³/mol. The fraction of sp³-hybridized carbons (Fsp3) is 0.381. The van der Waals surface area contributed by atoms with Crippen molar-refractivity contribution in [1.29, 1.82) is 0 Å². The Balaban J connectivity index is 1.46. The van der Waals surface area contributed by atoms with Crippen LogP contribution in [-0.4, -0.2) is 44.8 Å². The first-order valence-electron chi connectivity index (χ1n) is 9.77. The van der Waals surface area contributed by atoms with Gasteiger partial charge in [-0.15, -0.1) is 0 Å². The SMILES string of the molecule is O=C(CN1CCCc2ccccc21)Nc1cccc(S(=O)(=O)N2CCCC2)c1. The van der Waals surface area contributed by atoms with Crippen molar-refractivity contribution in [3.8, 4) is 0 Å². The smallest absolute Gasteiger partial charge is 0.243 e. The minimum atomic E-state index is -3.49. The molecular formula is C21H25N3O3S. The zero-order chi connectivity index (χ0) is 19.6. The summed E-state index contributed by atoms with van der Waals surface area (Å²) in [6.07, 6.45) is 3.85. The molecule has 2 aromatic carbocycles. The van der Waals surface area contributed by atoms with Gasteiger partial charge in [0.2, 0.25) is 15.9 Å². The number of hydrogen-bond donors (Lipinski definition) is 1. The maximum Gasteiger partial charge on any atom is 0.243 e. The van der Waals surface area contributed by atoms with Gasteiger partial charge < -0.3 is 10.2 Å². The van der Waals surface area contributed by atoms with Crippen molar-refractivity contribution in [3.63, 3.8) is 0 Å². The summed E-state index contributed by atoms with van der Waals surface area (Å²) in [5.74, 6) is -0.146. The molecule has 2 aliphatic rings. The van der Waals surface area contributed by atoms with Crippen molar-refractivity contribution in [2.24, 2.45) is 0 Å². The molecule has 1 amide bonds. The van der Waals surface area contributed by atoms with Crippen LogP contribution in [0.2, 0.25) is 0 Å². The number of amides is 1. The maximum absolute atomic E-state index is 12.7. The van der Waals surface area contributed by atoms with Crippen LogP contribution >= 0.6 is 0 Å². The molecule has 0 spiro atoms. The molecule has 6 nitrogen and oxygen atoms in total. The van der Waals surface area contributed by atoms with Crippen molar-refractivity contribution in [1.82, 2.24) is 4.31 Å². The Morgan fingerprint density at radius 1 is 0.964 bits per heavy atom. The van der Waals surface area contributed by atoms with E-state index in [1.165, 1.54) is 9.87 Å². The van der Waals surface area contributed by atoms with Crippen LogP contribution in [0.5, 0.6) is 0 Å². The Kier molecular flexibility index (Phi) is 5.37. The van der Waals surface area contributed by atoms with E-state index < -0.39 is 10.0 Å². The molecule has 0 unspecified atom stereocenters. The maximum atomic E-state index is 12.7. The van der Waals surface area contributed by atoms with Crippen LogP contribution in [0, 0.1) is 0 Å². The summed E-state index contributed by atoms with van der Waals surface area (Å²) >= 11 is 0. The lowest BCUT2D eigenvalue weighted by molar-refractivity contribution is -0.115. The zero-order valence-corrected chi connectivity index (χ0v) is 16.6. The summed E-state index contributed by atoms with van der Waals surface area (Å²) in [4.78, 5) is 14.9. The molecule has 1 fully saturated rings. The molecule has 0 bridgehead atoms. The van der Waals surface area contributed by atoms with E-state index in [2.05, 4.69) is 16.3 Å². The molecule has 2 aliphatic heterocycles. The van der Waals surface area contributed by atoms with Crippen molar-refractivity contribution < 1.29 is 13.2 Å². The molecule has 0 aromatic heterocycles. The Morgan fingerprint density at radius 3 is 2.57 bits per heavy atom. The van der Waals surface area contributed by atoms with E-state index in [0.29, 0.717) is 18.8 Å². The number of rotatable bonds is 5. The second kappa shape index (κ2) is 7.93. The van der Waals surface area contributed by atoms with Crippen molar-refractivity contribution >= 4 is 27.3 Å². The lowest BCUT2D eigenvalue weighted by Crippen LogP contribution is -2.36. The number of anilines is 2. The summed E-state index contributed by atoms with van der Waals surface area (Å²) < 4.78 is 27.0. The molecule has 0 atom stereocenters. The van der Waals surface area contributed by atoms with Gasteiger partial charge in [0.1, 0.15) is 0 Å². The molecule has 148 valence electrons. The molecule has 1 N–H and O–H groups in total. The summed E-state index contributed by atoms with van der Waals surface area (Å²) in [5, 5.41) is 2.86. The summed E-state index contributed by atoms with van der Waals surface area (Å²) in [5.41, 5.74) is 2.88. The average molecular weight is 400 g/mol. The highest BCUT2D eigenvalue weighted by atomic mass is 32.2. The van der Waals surface area contributed by atoms with Crippen LogP contribution in [-0.2, 0) is 21.2 Å². The van der Waals surface area contributed by atoms with E-state index in [1.54, 1.807) is 24.3 Å². The Hall–Kier alpha value is -2.38. The number of benzene rings is 2. The molecule has 0 saturated carbocycles. The van der Waals surface area contributed by atoms with Crippen LogP contribution < -0.4 is 10.2 Å². The van der Waals surface area contributed by atoms with Gasteiger partial charge >= 0.3 is 0 Å². The number of nitrogens with zero attached hydrogens (tertiary/aromatic N) is 2. The summed E-state index contributed by atoms with van der Waals surface area (Å²) in [7, 11) is -3.49. The topological polar surface area (TPSA) is 69.7 Å². The first kappa shape index (κ1) is 19.0. The predicted octanol–water partition coefficient (Wildman–Crippen LogP) is 2.86. The van der Waals surface area contributed by atoms with Gasteiger partial charge in [-0.05, 0) is 55.5 Å². The molecule has 2 aromatic rings. The molecule has 28 heavy (non-hydrogen) atoms. The Bertz CT molecular complexity index is 968. The highest BCUT2D eigenvalue weighted by molar-refractivity contribution is 7.89. The number of para-hydroxylation sites is 1. The first-order chi connectivity index (χ1) is 13.5. The summed E-state index contributed by atoms with van der Waals surface area (Å²) in [6.45, 7) is 2.22. The van der Waals surface area contributed by atoms with E-state index in [0.717, 1.165) is 37.9 Å². The van der Waals surface area contributed by atoms with E-state index in [1.807, 2.05) is 18.2 Å². The van der Waals surface area contributed by atoms with Gasteiger partial charge in [0.15, 0.2) is 0 Å². The monoisotopic (exact) mass is 399 g/mol. The van der Waals surface area contributed by atoms with Crippen LogP contribution in [0.4, 0.5) is 11.4 Å². The van der Waals surface area contributed by atoms with Crippen molar-refractivity contribution in [2.45, 2.75) is 30.6 Å². The van der Waals surface area contributed by atoms with Gasteiger partial charge in [0.25, 0.3) is 0 Å². The van der Waals surface area contributed by atoms with Gasteiger partial charge in [-0.1, -0.05) is 24.3 Å². The van der Waals surface area contributed by atoms with Crippen molar-refractivity contribution in [2.75, 3.05) is 36.4 Å². The van der Waals surface area contributed by atoms with Gasteiger partial charge in [-0.3, -0.25) is 4.79 Å². The molecular weight excluding hydrogens is 374 g/mol. The number of aryl methyl sites for hydroxylation is 1. The van der Waals surface area contributed by atoms with Crippen LogP contribution in [0.3, 0.4) is 0 Å². The third-order valence-corrected chi connectivity index (χ3v) is 7.26. The zero-order valence-electron chi connectivity index (χ0n) is 15.8. The number of carbonyl (C=O) groups excluding carboxylic acids is 1. The molecule has 7 heteroatoms. The van der Waals surface area contributed by atoms with Gasteiger partial charge in [-0.2, -0.15) is 4.31 Å². The molecule has 0 radical (unpaired) electrons. The Labute approximate surface area is 166 Å². The van der Waals surface area contributed by atoms with Crippen LogP contribution in [0.25, 0.3) is 0 Å². The number of sulfonamides is 1. The highest BCUT2D eigenvalue weighted by Gasteiger charge is 2.27. The second-order valence-corrected chi connectivity index (χ2v) is 9.28. The van der Waals surface area contributed by atoms with Crippen LogP contribution in [0.1, 0.15) is 24.8 Å². The molecule has 2 heterocycles. The third kappa shape index (κ3) is 3.91. The average Bonchev–Trinajstić information content (AvgIpc) is 3.24. The second-order valence-electron chi connectivity index (χ2n) is 7.34. The first-order valence-corrected chi connectivity index (χ1v) is 11.2. The third-order valence-electron chi connectivity index (χ3n) is 5.36. The van der Waals surface area contributed by atoms with Gasteiger partial charge in [0.05, 0.1) is 11.4 Å². The van der Waals surface area contributed by atoms with Crippen LogP contribution in [0.15, 0.2) is 53.4 Å². The quantitative estimate of drug-likeness (QED) is 0.839. The fourth-order valence-electron chi connectivity index (χ4n) is 3.96. The van der Waals surface area contributed by atoms with Gasteiger partial charge in [0, 0.05) is 31.0 Å². The van der Waals surface area contributed by atoms with Crippen molar-refractivity contribution in [3.05, 3.63) is 54.1 Å². The minimum absolute atomic E-state index is 0.146. The largest absolute Gasteiger partial charge is 0.362 e. The number of fused-ring (bicyclic) bond motifs is 1. The standard InChI is InChI=1S/C21H25N3O3S/c25-21(16-23-12-6-8-17-7-1-2-11-20(17)23)22-18-9-5-10-19(15-18)28(26,27)24-13-3-4-14-24/h1-2,5,7,9-11,15H,3-4,6,8,12-14,16H2,(H,22,25). The fourth-order valence-corrected chi connectivity index (χ4v) is 5.52. The highest BCUT2D eigenvalue weighted by Crippen LogP contribution is 2.27.